The molecule has 0 saturated carbocycles. The van der Waals surface area contributed by atoms with E-state index in [-0.39, 0.29) is 6.42 Å². The van der Waals surface area contributed by atoms with Crippen molar-refractivity contribution in [2.45, 2.75) is 11.7 Å². The largest absolute Gasteiger partial charge is 0.480 e. The summed E-state index contributed by atoms with van der Waals surface area (Å²) >= 11 is 0. The average Bonchev–Trinajstić information content (AvgIpc) is 2.14. The molecular formula is C10H11FO4S. The molecule has 0 amide bonds. The van der Waals surface area contributed by atoms with E-state index < -0.39 is 26.9 Å². The van der Waals surface area contributed by atoms with Crippen molar-refractivity contribution in [1.82, 2.24) is 0 Å². The maximum atomic E-state index is 12.6. The lowest BCUT2D eigenvalue weighted by Crippen LogP contribution is -2.31. The van der Waals surface area contributed by atoms with Crippen LogP contribution in [0.4, 0.5) is 4.39 Å². The van der Waals surface area contributed by atoms with Crippen molar-refractivity contribution in [3.05, 3.63) is 35.6 Å². The molecule has 1 aromatic rings. The fourth-order valence-corrected chi connectivity index (χ4v) is 2.12. The van der Waals surface area contributed by atoms with Gasteiger partial charge in [0.2, 0.25) is 0 Å². The first-order chi connectivity index (χ1) is 7.30. The molecule has 1 atom stereocenters. The lowest BCUT2D eigenvalue weighted by atomic mass is 10.1. The van der Waals surface area contributed by atoms with Crippen molar-refractivity contribution in [3.8, 4) is 0 Å². The van der Waals surface area contributed by atoms with Crippen LogP contribution in [0.5, 0.6) is 0 Å². The summed E-state index contributed by atoms with van der Waals surface area (Å²) in [4.78, 5) is 10.8. The van der Waals surface area contributed by atoms with E-state index in [9.17, 15) is 17.6 Å². The molecule has 1 unspecified atom stereocenters. The van der Waals surface area contributed by atoms with Crippen LogP contribution in [0.25, 0.3) is 0 Å². The standard InChI is InChI=1S/C10H11FO4S/c1-16(14,15)9(10(12)13)6-7-2-4-8(11)5-3-7/h2-5,9H,6H2,1H3,(H,12,13). The van der Waals surface area contributed by atoms with E-state index in [1.165, 1.54) is 12.1 Å². The molecule has 16 heavy (non-hydrogen) atoms. The van der Waals surface area contributed by atoms with Gasteiger partial charge in [-0.1, -0.05) is 12.1 Å². The highest BCUT2D eigenvalue weighted by Crippen LogP contribution is 2.11. The Balaban J connectivity index is 2.93. The molecule has 1 rings (SSSR count). The third-order valence-electron chi connectivity index (χ3n) is 2.13. The van der Waals surface area contributed by atoms with Crippen molar-refractivity contribution >= 4 is 15.8 Å². The van der Waals surface area contributed by atoms with Crippen molar-refractivity contribution in [2.24, 2.45) is 0 Å². The van der Waals surface area contributed by atoms with Gasteiger partial charge >= 0.3 is 5.97 Å². The SMILES string of the molecule is CS(=O)(=O)C(Cc1ccc(F)cc1)C(=O)O. The minimum atomic E-state index is -3.67. The number of rotatable bonds is 4. The summed E-state index contributed by atoms with van der Waals surface area (Å²) in [6.45, 7) is 0. The molecule has 0 aliphatic heterocycles. The molecule has 1 N–H and O–H groups in total. The molecule has 88 valence electrons. The van der Waals surface area contributed by atoms with Crippen LogP contribution in [0.1, 0.15) is 5.56 Å². The van der Waals surface area contributed by atoms with Crippen LogP contribution >= 0.6 is 0 Å². The van der Waals surface area contributed by atoms with Gasteiger partial charge in [-0.05, 0) is 24.1 Å². The highest BCUT2D eigenvalue weighted by atomic mass is 32.2. The predicted molar refractivity (Wildman–Crippen MR) is 56.4 cm³/mol. The number of carbonyl (C=O) groups is 1. The minimum Gasteiger partial charge on any atom is -0.480 e. The van der Waals surface area contributed by atoms with Crippen molar-refractivity contribution in [1.29, 1.82) is 0 Å². The third kappa shape index (κ3) is 3.30. The zero-order chi connectivity index (χ0) is 12.3. The van der Waals surface area contributed by atoms with E-state index >= 15 is 0 Å². The third-order valence-corrected chi connectivity index (χ3v) is 3.53. The zero-order valence-corrected chi connectivity index (χ0v) is 9.37. The first-order valence-electron chi connectivity index (χ1n) is 4.47. The smallest absolute Gasteiger partial charge is 0.322 e. The van der Waals surface area contributed by atoms with Gasteiger partial charge in [0.25, 0.3) is 0 Å². The lowest BCUT2D eigenvalue weighted by Gasteiger charge is -2.09. The first-order valence-corrected chi connectivity index (χ1v) is 6.42. The monoisotopic (exact) mass is 246 g/mol. The normalized spacial score (nSPS) is 13.4. The van der Waals surface area contributed by atoms with E-state index in [0.29, 0.717) is 5.56 Å². The molecule has 6 heteroatoms. The number of benzene rings is 1. The summed E-state index contributed by atoms with van der Waals surface area (Å²) < 4.78 is 35.0. The predicted octanol–water partition coefficient (Wildman–Crippen LogP) is 0.866. The second kappa shape index (κ2) is 4.61. The lowest BCUT2D eigenvalue weighted by molar-refractivity contribution is -0.136. The highest BCUT2D eigenvalue weighted by molar-refractivity contribution is 7.92. The van der Waals surface area contributed by atoms with Crippen molar-refractivity contribution in [3.63, 3.8) is 0 Å². The van der Waals surface area contributed by atoms with Gasteiger partial charge in [-0.15, -0.1) is 0 Å². The summed E-state index contributed by atoms with van der Waals surface area (Å²) in [6, 6.07) is 5.07. The summed E-state index contributed by atoms with van der Waals surface area (Å²) in [5, 5.41) is 7.28. The van der Waals surface area contributed by atoms with Gasteiger partial charge in [-0.3, -0.25) is 4.79 Å². The van der Waals surface area contributed by atoms with Crippen LogP contribution in [-0.4, -0.2) is 31.0 Å². The Bertz CT molecular complexity index is 478. The molecule has 0 radical (unpaired) electrons. The van der Waals surface area contributed by atoms with Crippen LogP contribution in [0.15, 0.2) is 24.3 Å². The Morgan fingerprint density at radius 2 is 1.88 bits per heavy atom. The molecule has 0 aromatic heterocycles. The van der Waals surface area contributed by atoms with E-state index in [1.807, 2.05) is 0 Å². The molecule has 0 fully saturated rings. The van der Waals surface area contributed by atoms with E-state index in [0.717, 1.165) is 18.4 Å². The summed E-state index contributed by atoms with van der Waals surface area (Å²) in [5.41, 5.74) is 0.472. The van der Waals surface area contributed by atoms with E-state index in [2.05, 4.69) is 0 Å². The second-order valence-corrected chi connectivity index (χ2v) is 5.72. The van der Waals surface area contributed by atoms with Crippen molar-refractivity contribution in [2.75, 3.05) is 6.26 Å². The van der Waals surface area contributed by atoms with Crippen LogP contribution in [-0.2, 0) is 21.1 Å². The van der Waals surface area contributed by atoms with Gasteiger partial charge in [0.15, 0.2) is 15.1 Å². The van der Waals surface area contributed by atoms with Gasteiger partial charge in [-0.25, -0.2) is 12.8 Å². The van der Waals surface area contributed by atoms with Crippen LogP contribution in [0, 0.1) is 5.82 Å². The van der Waals surface area contributed by atoms with Crippen LogP contribution in [0.2, 0.25) is 0 Å². The fraction of sp³-hybridized carbons (Fsp3) is 0.300. The number of carboxylic acids is 1. The maximum absolute atomic E-state index is 12.6. The number of aliphatic carboxylic acids is 1. The summed E-state index contributed by atoms with van der Waals surface area (Å²) in [7, 11) is -3.67. The Labute approximate surface area is 92.6 Å². The average molecular weight is 246 g/mol. The molecule has 0 spiro atoms. The first kappa shape index (κ1) is 12.6. The Hall–Kier alpha value is -1.43. The number of hydrogen-bond donors (Lipinski definition) is 1. The second-order valence-electron chi connectivity index (χ2n) is 3.49. The number of carboxylic acid groups (broad SMARTS) is 1. The van der Waals surface area contributed by atoms with Crippen LogP contribution in [0.3, 0.4) is 0 Å². The molecule has 0 saturated heterocycles. The summed E-state index contributed by atoms with van der Waals surface area (Å²) in [5.74, 6) is -1.85. The maximum Gasteiger partial charge on any atom is 0.322 e. The van der Waals surface area contributed by atoms with Gasteiger partial charge in [0.05, 0.1) is 0 Å². The molecular weight excluding hydrogens is 235 g/mol. The topological polar surface area (TPSA) is 71.4 Å². The number of sulfone groups is 1. The van der Waals surface area contributed by atoms with Gasteiger partial charge in [-0.2, -0.15) is 0 Å². The Morgan fingerprint density at radius 1 is 1.38 bits per heavy atom. The zero-order valence-electron chi connectivity index (χ0n) is 8.55. The Kier molecular flexibility index (Phi) is 3.64. The molecule has 0 heterocycles. The molecule has 0 aliphatic carbocycles. The number of halogens is 1. The quantitative estimate of drug-likeness (QED) is 0.855. The van der Waals surface area contributed by atoms with Gasteiger partial charge < -0.3 is 5.11 Å². The van der Waals surface area contributed by atoms with Gasteiger partial charge in [0, 0.05) is 6.26 Å². The molecule has 4 nitrogen and oxygen atoms in total. The number of hydrogen-bond acceptors (Lipinski definition) is 3. The molecule has 0 bridgehead atoms. The highest BCUT2D eigenvalue weighted by Gasteiger charge is 2.28. The van der Waals surface area contributed by atoms with Crippen LogP contribution < -0.4 is 0 Å². The minimum absolute atomic E-state index is 0.158. The molecule has 1 aromatic carbocycles. The van der Waals surface area contributed by atoms with E-state index in [4.69, 9.17) is 5.11 Å². The summed E-state index contributed by atoms with van der Waals surface area (Å²) in [6.07, 6.45) is 0.712. The Morgan fingerprint density at radius 3 is 2.25 bits per heavy atom. The van der Waals surface area contributed by atoms with E-state index in [1.54, 1.807) is 0 Å². The fourth-order valence-electron chi connectivity index (χ4n) is 1.26. The van der Waals surface area contributed by atoms with Crippen molar-refractivity contribution < 1.29 is 22.7 Å². The molecule has 0 aliphatic rings. The van der Waals surface area contributed by atoms with Gasteiger partial charge in [0.1, 0.15) is 5.82 Å².